The number of carbonyl (C=O) groups is 1. The Morgan fingerprint density at radius 1 is 1.27 bits per heavy atom. The van der Waals surface area contributed by atoms with E-state index in [1.165, 1.54) is 20.3 Å². The Hall–Kier alpha value is -1.25. The van der Waals surface area contributed by atoms with Crippen LogP contribution in [0.1, 0.15) is 6.42 Å². The van der Waals surface area contributed by atoms with Gasteiger partial charge in [-0.1, -0.05) is 0 Å². The average Bonchev–Trinajstić information content (AvgIpc) is 2.03. The normalized spacial score (nSPS) is 17.1. The topological polar surface area (TPSA) is 35.5 Å². The Morgan fingerprint density at radius 3 is 2.55 bits per heavy atom. The number of ketones is 1. The second-order valence-corrected chi connectivity index (χ2v) is 2.21. The molecular weight excluding hydrogens is 144 g/mol. The van der Waals surface area contributed by atoms with E-state index in [1.54, 1.807) is 6.08 Å². The average molecular weight is 154 g/mol. The van der Waals surface area contributed by atoms with Gasteiger partial charge in [0.25, 0.3) is 0 Å². The van der Waals surface area contributed by atoms with Crippen LogP contribution in [0.4, 0.5) is 0 Å². The molecule has 0 aromatic carbocycles. The molecule has 1 rings (SSSR count). The molecule has 0 aliphatic heterocycles. The maximum atomic E-state index is 10.9. The minimum Gasteiger partial charge on any atom is -0.500 e. The predicted molar refractivity (Wildman–Crippen MR) is 39.8 cm³/mol. The summed E-state index contributed by atoms with van der Waals surface area (Å²) in [5.41, 5.74) is 0. The van der Waals surface area contributed by atoms with Crippen molar-refractivity contribution >= 4 is 5.78 Å². The van der Waals surface area contributed by atoms with E-state index in [2.05, 4.69) is 0 Å². The van der Waals surface area contributed by atoms with Crippen molar-refractivity contribution in [2.45, 2.75) is 6.42 Å². The first-order valence-electron chi connectivity index (χ1n) is 3.29. The monoisotopic (exact) mass is 154 g/mol. The van der Waals surface area contributed by atoms with Gasteiger partial charge >= 0.3 is 0 Å². The van der Waals surface area contributed by atoms with Gasteiger partial charge in [-0.2, -0.15) is 0 Å². The van der Waals surface area contributed by atoms with Crippen molar-refractivity contribution < 1.29 is 14.3 Å². The second kappa shape index (κ2) is 3.23. The quantitative estimate of drug-likeness (QED) is 0.595. The van der Waals surface area contributed by atoms with E-state index in [0.29, 0.717) is 17.9 Å². The van der Waals surface area contributed by atoms with Gasteiger partial charge in [-0.25, -0.2) is 0 Å². The Bertz CT molecular complexity index is 225. The Kier molecular flexibility index (Phi) is 2.31. The van der Waals surface area contributed by atoms with E-state index in [9.17, 15) is 4.79 Å². The fraction of sp³-hybridized carbons (Fsp3) is 0.375. The van der Waals surface area contributed by atoms with Crippen LogP contribution >= 0.6 is 0 Å². The number of methoxy groups -OCH3 is 2. The number of carbonyl (C=O) groups excluding carboxylic acids is 1. The highest BCUT2D eigenvalue weighted by molar-refractivity contribution is 5.93. The zero-order chi connectivity index (χ0) is 8.27. The first-order chi connectivity index (χ1) is 5.26. The lowest BCUT2D eigenvalue weighted by Gasteiger charge is -2.10. The summed E-state index contributed by atoms with van der Waals surface area (Å²) in [7, 11) is 3.06. The minimum atomic E-state index is 0.0150. The molecule has 0 atom stereocenters. The third kappa shape index (κ3) is 1.83. The van der Waals surface area contributed by atoms with Crippen LogP contribution < -0.4 is 0 Å². The zero-order valence-electron chi connectivity index (χ0n) is 6.59. The summed E-state index contributed by atoms with van der Waals surface area (Å²) in [5, 5.41) is 0. The smallest absolute Gasteiger partial charge is 0.166 e. The van der Waals surface area contributed by atoms with Gasteiger partial charge < -0.3 is 9.47 Å². The van der Waals surface area contributed by atoms with Crippen molar-refractivity contribution in [1.29, 1.82) is 0 Å². The van der Waals surface area contributed by atoms with Crippen LogP contribution in [0.25, 0.3) is 0 Å². The van der Waals surface area contributed by atoms with Crippen molar-refractivity contribution in [1.82, 2.24) is 0 Å². The summed E-state index contributed by atoms with van der Waals surface area (Å²) in [5.74, 6) is 1.22. The minimum absolute atomic E-state index is 0.0150. The molecular formula is C8H10O3. The van der Waals surface area contributed by atoms with Crippen LogP contribution in [0.2, 0.25) is 0 Å². The third-order valence-corrected chi connectivity index (χ3v) is 1.45. The molecule has 0 amide bonds. The van der Waals surface area contributed by atoms with Gasteiger partial charge in [0.15, 0.2) is 5.78 Å². The largest absolute Gasteiger partial charge is 0.500 e. The highest BCUT2D eigenvalue weighted by Crippen LogP contribution is 2.14. The van der Waals surface area contributed by atoms with Crippen LogP contribution in [0.15, 0.2) is 23.7 Å². The number of hydrogen-bond donors (Lipinski definition) is 0. The molecule has 1 aliphatic rings. The molecule has 0 bridgehead atoms. The zero-order valence-corrected chi connectivity index (χ0v) is 6.59. The molecule has 1 aliphatic carbocycles. The fourth-order valence-electron chi connectivity index (χ4n) is 0.882. The van der Waals surface area contributed by atoms with Crippen LogP contribution in [-0.2, 0) is 14.3 Å². The van der Waals surface area contributed by atoms with Crippen molar-refractivity contribution in [3.8, 4) is 0 Å². The Balaban J connectivity index is 2.79. The van der Waals surface area contributed by atoms with E-state index in [0.717, 1.165) is 0 Å². The molecule has 11 heavy (non-hydrogen) atoms. The maximum absolute atomic E-state index is 10.9. The van der Waals surface area contributed by atoms with Gasteiger partial charge in [0.05, 0.1) is 20.6 Å². The first-order valence-corrected chi connectivity index (χ1v) is 3.29. The third-order valence-electron chi connectivity index (χ3n) is 1.45. The molecule has 0 aromatic heterocycles. The molecule has 0 spiro atoms. The van der Waals surface area contributed by atoms with E-state index >= 15 is 0 Å². The van der Waals surface area contributed by atoms with E-state index in [1.807, 2.05) is 0 Å². The van der Waals surface area contributed by atoms with E-state index < -0.39 is 0 Å². The summed E-state index contributed by atoms with van der Waals surface area (Å²) in [4.78, 5) is 10.9. The van der Waals surface area contributed by atoms with E-state index in [4.69, 9.17) is 9.47 Å². The standard InChI is InChI=1S/C8H10O3/c1-10-7-3-6(9)4-8(5-7)11-2/h3,5H,4H2,1-2H3. The molecule has 0 N–H and O–H groups in total. The molecule has 0 heterocycles. The van der Waals surface area contributed by atoms with Gasteiger partial charge in [-0.15, -0.1) is 0 Å². The van der Waals surface area contributed by atoms with Crippen molar-refractivity contribution in [2.75, 3.05) is 14.2 Å². The first kappa shape index (κ1) is 7.85. The SMILES string of the molecule is COC1=CC(=O)CC(OC)=C1. The molecule has 0 unspecified atom stereocenters. The van der Waals surface area contributed by atoms with Crippen LogP contribution in [0, 0.1) is 0 Å². The summed E-state index contributed by atoms with van der Waals surface area (Å²) in [6, 6.07) is 0. The molecule has 3 heteroatoms. The lowest BCUT2D eigenvalue weighted by Crippen LogP contribution is -2.05. The highest BCUT2D eigenvalue weighted by atomic mass is 16.5. The summed E-state index contributed by atoms with van der Waals surface area (Å²) in [6.45, 7) is 0. The molecule has 0 saturated carbocycles. The molecule has 60 valence electrons. The highest BCUT2D eigenvalue weighted by Gasteiger charge is 2.11. The number of hydrogen-bond acceptors (Lipinski definition) is 3. The van der Waals surface area contributed by atoms with Crippen molar-refractivity contribution in [3.05, 3.63) is 23.7 Å². The lowest BCUT2D eigenvalue weighted by molar-refractivity contribution is -0.114. The van der Waals surface area contributed by atoms with Crippen LogP contribution in [-0.4, -0.2) is 20.0 Å². The van der Waals surface area contributed by atoms with Gasteiger partial charge in [0.1, 0.15) is 11.5 Å². The Labute approximate surface area is 65.3 Å². The van der Waals surface area contributed by atoms with Gasteiger partial charge in [0, 0.05) is 12.2 Å². The lowest BCUT2D eigenvalue weighted by atomic mass is 10.1. The van der Waals surface area contributed by atoms with Gasteiger partial charge in [-0.05, 0) is 0 Å². The molecule has 0 fully saturated rings. The molecule has 0 aromatic rings. The Morgan fingerprint density at radius 2 is 2.00 bits per heavy atom. The summed E-state index contributed by atoms with van der Waals surface area (Å²) in [6.07, 6.45) is 3.51. The summed E-state index contributed by atoms with van der Waals surface area (Å²) < 4.78 is 9.79. The second-order valence-electron chi connectivity index (χ2n) is 2.21. The van der Waals surface area contributed by atoms with Gasteiger partial charge in [-0.3, -0.25) is 4.79 Å². The fourth-order valence-corrected chi connectivity index (χ4v) is 0.882. The van der Waals surface area contributed by atoms with E-state index in [-0.39, 0.29) is 5.78 Å². The van der Waals surface area contributed by atoms with Crippen LogP contribution in [0.3, 0.4) is 0 Å². The van der Waals surface area contributed by atoms with Gasteiger partial charge in [0.2, 0.25) is 0 Å². The number of ether oxygens (including phenoxy) is 2. The number of allylic oxidation sites excluding steroid dienone is 3. The number of rotatable bonds is 2. The van der Waals surface area contributed by atoms with Crippen molar-refractivity contribution in [3.63, 3.8) is 0 Å². The molecule has 3 nitrogen and oxygen atoms in total. The molecule has 0 radical (unpaired) electrons. The summed E-state index contributed by atoms with van der Waals surface area (Å²) >= 11 is 0. The van der Waals surface area contributed by atoms with Crippen LogP contribution in [0.5, 0.6) is 0 Å². The van der Waals surface area contributed by atoms with Crippen molar-refractivity contribution in [2.24, 2.45) is 0 Å². The molecule has 0 saturated heterocycles. The maximum Gasteiger partial charge on any atom is 0.166 e. The predicted octanol–water partition coefficient (Wildman–Crippen LogP) is 1.02.